The van der Waals surface area contributed by atoms with E-state index >= 15 is 0 Å². The molecule has 1 aliphatic heterocycles. The number of allylic oxidation sites excluding steroid dienone is 2. The van der Waals surface area contributed by atoms with E-state index in [1.165, 1.54) is 41.8 Å². The van der Waals surface area contributed by atoms with Gasteiger partial charge in [0.25, 0.3) is 0 Å². The summed E-state index contributed by atoms with van der Waals surface area (Å²) in [6.07, 6.45) is 12.3. The predicted molar refractivity (Wildman–Crippen MR) is 111 cm³/mol. The predicted octanol–water partition coefficient (Wildman–Crippen LogP) is 6.92. The first-order valence-electron chi connectivity index (χ1n) is 10.1. The highest BCUT2D eigenvalue weighted by molar-refractivity contribution is 7.10. The molecule has 0 radical (unpaired) electrons. The van der Waals surface area contributed by atoms with Gasteiger partial charge in [-0.15, -0.1) is 11.3 Å². The van der Waals surface area contributed by atoms with Crippen molar-refractivity contribution in [2.75, 3.05) is 11.9 Å². The fraction of sp³-hybridized carbons (Fsp3) is 0.478. The van der Waals surface area contributed by atoms with Crippen LogP contribution in [0, 0.1) is 5.92 Å². The molecule has 0 amide bonds. The summed E-state index contributed by atoms with van der Waals surface area (Å²) in [5.41, 5.74) is 2.67. The van der Waals surface area contributed by atoms with Crippen LogP contribution in [0.3, 0.4) is 0 Å². The van der Waals surface area contributed by atoms with Crippen LogP contribution in [-0.4, -0.2) is 6.61 Å². The van der Waals surface area contributed by atoms with Gasteiger partial charge >= 0.3 is 0 Å². The summed E-state index contributed by atoms with van der Waals surface area (Å²) in [7, 11) is 0. The number of rotatable bonds is 8. The topological polar surface area (TPSA) is 21.3 Å². The molecule has 1 aromatic carbocycles. The number of nitrogens with one attached hydrogen (secondary N) is 1. The van der Waals surface area contributed by atoms with Crippen molar-refractivity contribution in [2.24, 2.45) is 5.92 Å². The molecular weight excluding hydrogens is 338 g/mol. The van der Waals surface area contributed by atoms with Gasteiger partial charge in [0.15, 0.2) is 0 Å². The van der Waals surface area contributed by atoms with E-state index in [4.69, 9.17) is 4.74 Å². The molecule has 3 atom stereocenters. The number of anilines is 1. The Labute approximate surface area is 161 Å². The summed E-state index contributed by atoms with van der Waals surface area (Å²) >= 11 is 1.86. The SMILES string of the molecule is CCCCCCCOc1ccc2c(c1)C1C=CCC1C(c1cccs1)N2. The van der Waals surface area contributed by atoms with Crippen LogP contribution < -0.4 is 10.1 Å². The molecule has 0 bridgehead atoms. The van der Waals surface area contributed by atoms with Crippen molar-refractivity contribution in [3.8, 4) is 5.75 Å². The number of ether oxygens (including phenoxy) is 1. The Bertz CT molecular complexity index is 737. The maximum Gasteiger partial charge on any atom is 0.119 e. The Morgan fingerprint density at radius 3 is 2.92 bits per heavy atom. The Morgan fingerprint density at radius 2 is 2.08 bits per heavy atom. The van der Waals surface area contributed by atoms with Crippen molar-refractivity contribution in [2.45, 2.75) is 57.4 Å². The minimum Gasteiger partial charge on any atom is -0.494 e. The van der Waals surface area contributed by atoms with Gasteiger partial charge in [-0.1, -0.05) is 50.8 Å². The van der Waals surface area contributed by atoms with Crippen LogP contribution in [-0.2, 0) is 0 Å². The fourth-order valence-electron chi connectivity index (χ4n) is 4.31. The molecule has 4 rings (SSSR count). The first kappa shape index (κ1) is 17.7. The van der Waals surface area contributed by atoms with E-state index in [1.54, 1.807) is 0 Å². The van der Waals surface area contributed by atoms with Crippen LogP contribution in [0.25, 0.3) is 0 Å². The number of hydrogen-bond donors (Lipinski definition) is 1. The summed E-state index contributed by atoms with van der Waals surface area (Å²) in [6.45, 7) is 3.09. The van der Waals surface area contributed by atoms with E-state index in [0.717, 1.165) is 25.2 Å². The third-order valence-corrected chi connectivity index (χ3v) is 6.66. The first-order chi connectivity index (χ1) is 12.9. The second-order valence-electron chi connectivity index (χ2n) is 7.50. The highest BCUT2D eigenvalue weighted by Gasteiger charge is 2.38. The molecule has 1 aliphatic carbocycles. The van der Waals surface area contributed by atoms with Gasteiger partial charge in [-0.2, -0.15) is 0 Å². The Balaban J connectivity index is 1.44. The zero-order valence-corrected chi connectivity index (χ0v) is 16.4. The Morgan fingerprint density at radius 1 is 1.15 bits per heavy atom. The molecule has 0 spiro atoms. The second-order valence-corrected chi connectivity index (χ2v) is 8.48. The second kappa shape index (κ2) is 8.30. The summed E-state index contributed by atoms with van der Waals surface area (Å²) in [5.74, 6) is 2.14. The lowest BCUT2D eigenvalue weighted by atomic mass is 9.79. The van der Waals surface area contributed by atoms with E-state index in [2.05, 4.69) is 60.1 Å². The zero-order chi connectivity index (χ0) is 17.8. The first-order valence-corrected chi connectivity index (χ1v) is 11.0. The minimum atomic E-state index is 0.424. The number of thiophene rings is 1. The van der Waals surface area contributed by atoms with E-state index in [0.29, 0.717) is 17.9 Å². The van der Waals surface area contributed by atoms with Crippen LogP contribution >= 0.6 is 11.3 Å². The summed E-state index contributed by atoms with van der Waals surface area (Å²) in [4.78, 5) is 1.45. The highest BCUT2D eigenvalue weighted by Crippen LogP contribution is 2.51. The van der Waals surface area contributed by atoms with Crippen LogP contribution in [0.1, 0.15) is 67.8 Å². The number of benzene rings is 1. The van der Waals surface area contributed by atoms with Crippen molar-refractivity contribution < 1.29 is 4.74 Å². The molecule has 26 heavy (non-hydrogen) atoms. The molecule has 138 valence electrons. The van der Waals surface area contributed by atoms with Crippen molar-refractivity contribution in [3.05, 3.63) is 58.3 Å². The Hall–Kier alpha value is -1.74. The van der Waals surface area contributed by atoms with Crippen LogP contribution in [0.2, 0.25) is 0 Å². The van der Waals surface area contributed by atoms with Crippen molar-refractivity contribution in [3.63, 3.8) is 0 Å². The lowest BCUT2D eigenvalue weighted by Crippen LogP contribution is -2.28. The monoisotopic (exact) mass is 367 g/mol. The van der Waals surface area contributed by atoms with E-state index < -0.39 is 0 Å². The molecule has 2 aromatic rings. The van der Waals surface area contributed by atoms with Gasteiger partial charge in [-0.3, -0.25) is 0 Å². The van der Waals surface area contributed by atoms with Gasteiger partial charge in [0.1, 0.15) is 5.75 Å². The molecule has 1 aromatic heterocycles. The Kier molecular flexibility index (Phi) is 5.64. The maximum absolute atomic E-state index is 6.05. The average Bonchev–Trinajstić information content (AvgIpc) is 3.36. The fourth-order valence-corrected chi connectivity index (χ4v) is 5.16. The molecule has 2 nitrogen and oxygen atoms in total. The molecule has 2 heterocycles. The van der Waals surface area contributed by atoms with Gasteiger partial charge in [0.2, 0.25) is 0 Å². The number of hydrogen-bond acceptors (Lipinski definition) is 3. The van der Waals surface area contributed by atoms with E-state index in [9.17, 15) is 0 Å². The molecule has 0 fully saturated rings. The van der Waals surface area contributed by atoms with Gasteiger partial charge < -0.3 is 10.1 Å². The van der Waals surface area contributed by atoms with Gasteiger partial charge in [-0.05, 0) is 54.0 Å². The van der Waals surface area contributed by atoms with Gasteiger partial charge in [0, 0.05) is 16.5 Å². The standard InChI is InChI=1S/C23H29NOS/c1-2-3-4-5-6-14-25-17-12-13-21-20(16-17)18-9-7-10-19(18)23(24-21)22-11-8-15-26-22/h7-9,11-13,15-16,18-19,23-24H,2-6,10,14H2,1H3. The third kappa shape index (κ3) is 3.68. The normalized spacial score (nSPS) is 23.3. The van der Waals surface area contributed by atoms with Crippen molar-refractivity contribution >= 4 is 17.0 Å². The summed E-state index contributed by atoms with van der Waals surface area (Å²) < 4.78 is 6.05. The zero-order valence-electron chi connectivity index (χ0n) is 15.6. The van der Waals surface area contributed by atoms with Crippen LogP contribution in [0.5, 0.6) is 5.75 Å². The summed E-state index contributed by atoms with van der Waals surface area (Å²) in [6, 6.07) is 11.5. The largest absolute Gasteiger partial charge is 0.494 e. The van der Waals surface area contributed by atoms with Crippen LogP contribution in [0.4, 0.5) is 5.69 Å². The lowest BCUT2D eigenvalue weighted by Gasteiger charge is -2.37. The van der Waals surface area contributed by atoms with Gasteiger partial charge in [-0.25, -0.2) is 0 Å². The molecule has 2 aliphatic rings. The van der Waals surface area contributed by atoms with E-state index in [-0.39, 0.29) is 0 Å². The molecule has 3 unspecified atom stereocenters. The lowest BCUT2D eigenvalue weighted by molar-refractivity contribution is 0.303. The molecular formula is C23H29NOS. The number of unbranched alkanes of at least 4 members (excludes halogenated alkanes) is 4. The quantitative estimate of drug-likeness (QED) is 0.404. The average molecular weight is 368 g/mol. The minimum absolute atomic E-state index is 0.424. The summed E-state index contributed by atoms with van der Waals surface area (Å²) in [5, 5.41) is 5.99. The smallest absolute Gasteiger partial charge is 0.119 e. The van der Waals surface area contributed by atoms with Crippen LogP contribution in [0.15, 0.2) is 47.9 Å². The van der Waals surface area contributed by atoms with Gasteiger partial charge in [0.05, 0.1) is 12.6 Å². The van der Waals surface area contributed by atoms with Crippen molar-refractivity contribution in [1.82, 2.24) is 0 Å². The van der Waals surface area contributed by atoms with E-state index in [1.807, 2.05) is 11.3 Å². The molecule has 0 saturated carbocycles. The number of fused-ring (bicyclic) bond motifs is 3. The molecule has 0 saturated heterocycles. The molecule has 1 N–H and O–H groups in total. The van der Waals surface area contributed by atoms with Crippen molar-refractivity contribution in [1.29, 1.82) is 0 Å². The highest BCUT2D eigenvalue weighted by atomic mass is 32.1. The maximum atomic E-state index is 6.05. The molecule has 3 heteroatoms. The third-order valence-electron chi connectivity index (χ3n) is 5.70.